The van der Waals surface area contributed by atoms with Gasteiger partial charge in [0.25, 0.3) is 0 Å². The van der Waals surface area contributed by atoms with Crippen molar-refractivity contribution < 1.29 is 22.7 Å². The Hall–Kier alpha value is -3.33. The molecular formula is C23H22F3N3O2S. The molecule has 0 aliphatic heterocycles. The van der Waals surface area contributed by atoms with E-state index in [9.17, 15) is 18.0 Å². The van der Waals surface area contributed by atoms with Crippen LogP contribution in [0.4, 0.5) is 24.5 Å². The van der Waals surface area contributed by atoms with E-state index in [2.05, 4.69) is 10.3 Å². The molecule has 0 atom stereocenters. The van der Waals surface area contributed by atoms with Gasteiger partial charge in [-0.15, -0.1) is 11.3 Å². The number of anilines is 2. The molecule has 0 radical (unpaired) electrons. The standard InChI is InChI=1S/C23H22F3N3O2S/c1-15-27-17(14-32-15)13-31-19-6-4-5-16(11-19)7-10-22(30)28-21-9-8-18(29(2)3)12-20(21)23(24,25)26/h4-12,14H,13H2,1-3H3,(H,28,30)/b10-7+. The molecule has 3 rings (SSSR count). The van der Waals surface area contributed by atoms with Gasteiger partial charge in [0.05, 0.1) is 22.0 Å². The van der Waals surface area contributed by atoms with Crippen LogP contribution in [-0.2, 0) is 17.6 Å². The Kier molecular flexibility index (Phi) is 7.19. The lowest BCUT2D eigenvalue weighted by Gasteiger charge is -2.18. The van der Waals surface area contributed by atoms with Gasteiger partial charge < -0.3 is 15.0 Å². The third-order valence-electron chi connectivity index (χ3n) is 4.42. The highest BCUT2D eigenvalue weighted by Gasteiger charge is 2.34. The van der Waals surface area contributed by atoms with Gasteiger partial charge in [0.15, 0.2) is 0 Å². The Morgan fingerprint density at radius 3 is 2.66 bits per heavy atom. The molecule has 1 amide bonds. The summed E-state index contributed by atoms with van der Waals surface area (Å²) in [6.45, 7) is 2.24. The molecule has 0 unspecified atom stereocenters. The minimum absolute atomic E-state index is 0.298. The number of nitrogens with one attached hydrogen (secondary N) is 1. The maximum atomic E-state index is 13.4. The molecule has 0 aliphatic rings. The monoisotopic (exact) mass is 461 g/mol. The molecule has 3 aromatic rings. The normalized spacial score (nSPS) is 11.6. The summed E-state index contributed by atoms with van der Waals surface area (Å²) in [5.41, 5.74) is 0.682. The molecule has 0 bridgehead atoms. The third kappa shape index (κ3) is 6.34. The van der Waals surface area contributed by atoms with E-state index >= 15 is 0 Å². The molecule has 1 N–H and O–H groups in total. The summed E-state index contributed by atoms with van der Waals surface area (Å²) in [4.78, 5) is 18.2. The highest BCUT2D eigenvalue weighted by atomic mass is 32.1. The van der Waals surface area contributed by atoms with E-state index in [0.29, 0.717) is 23.6 Å². The number of alkyl halides is 3. The van der Waals surface area contributed by atoms with Crippen molar-refractivity contribution in [2.24, 2.45) is 0 Å². The maximum absolute atomic E-state index is 13.4. The summed E-state index contributed by atoms with van der Waals surface area (Å²) in [6.07, 6.45) is -1.90. The molecule has 5 nitrogen and oxygen atoms in total. The number of carbonyl (C=O) groups excluding carboxylic acids is 1. The van der Waals surface area contributed by atoms with E-state index in [1.165, 1.54) is 35.6 Å². The topological polar surface area (TPSA) is 54.5 Å². The van der Waals surface area contributed by atoms with Crippen molar-refractivity contribution in [3.05, 3.63) is 75.7 Å². The van der Waals surface area contributed by atoms with Crippen molar-refractivity contribution >= 4 is 34.7 Å². The highest BCUT2D eigenvalue weighted by molar-refractivity contribution is 7.09. The lowest BCUT2D eigenvalue weighted by Crippen LogP contribution is -2.16. The fraction of sp³-hybridized carbons (Fsp3) is 0.217. The largest absolute Gasteiger partial charge is 0.487 e. The molecule has 0 fully saturated rings. The van der Waals surface area contributed by atoms with Gasteiger partial charge in [-0.25, -0.2) is 4.98 Å². The molecule has 0 saturated heterocycles. The number of amides is 1. The number of thiazole rings is 1. The molecular weight excluding hydrogens is 439 g/mol. The van der Waals surface area contributed by atoms with Crippen LogP contribution in [0, 0.1) is 6.92 Å². The number of aromatic nitrogens is 1. The molecule has 1 aromatic heterocycles. The Morgan fingerprint density at radius 1 is 1.22 bits per heavy atom. The summed E-state index contributed by atoms with van der Waals surface area (Å²) in [7, 11) is 3.29. The zero-order valence-electron chi connectivity index (χ0n) is 17.7. The minimum atomic E-state index is -4.60. The Bertz CT molecular complexity index is 1120. The molecule has 168 valence electrons. The van der Waals surface area contributed by atoms with E-state index in [0.717, 1.165) is 16.8 Å². The van der Waals surface area contributed by atoms with E-state index in [4.69, 9.17) is 4.74 Å². The van der Waals surface area contributed by atoms with Gasteiger partial charge in [0.2, 0.25) is 5.91 Å². The lowest BCUT2D eigenvalue weighted by molar-refractivity contribution is -0.136. The van der Waals surface area contributed by atoms with E-state index in [-0.39, 0.29) is 5.69 Å². The number of ether oxygens (including phenoxy) is 1. The molecule has 0 saturated carbocycles. The van der Waals surface area contributed by atoms with Gasteiger partial charge in [-0.3, -0.25) is 4.79 Å². The molecule has 32 heavy (non-hydrogen) atoms. The first-order chi connectivity index (χ1) is 15.1. The molecule has 0 aliphatic carbocycles. The molecule has 1 heterocycles. The number of benzene rings is 2. The van der Waals surface area contributed by atoms with Crippen molar-refractivity contribution in [3.8, 4) is 5.75 Å². The smallest absolute Gasteiger partial charge is 0.418 e. The van der Waals surface area contributed by atoms with Crippen LogP contribution >= 0.6 is 11.3 Å². The Balaban J connectivity index is 1.68. The van der Waals surface area contributed by atoms with E-state index in [1.807, 2.05) is 12.3 Å². The van der Waals surface area contributed by atoms with Crippen molar-refractivity contribution in [2.45, 2.75) is 19.7 Å². The van der Waals surface area contributed by atoms with Crippen LogP contribution in [0.5, 0.6) is 5.75 Å². The number of aryl methyl sites for hydroxylation is 1. The second-order valence-electron chi connectivity index (χ2n) is 7.16. The first-order valence-corrected chi connectivity index (χ1v) is 10.5. The Morgan fingerprint density at radius 2 is 2.00 bits per heavy atom. The fourth-order valence-corrected chi connectivity index (χ4v) is 3.44. The molecule has 2 aromatic carbocycles. The van der Waals surface area contributed by atoms with Crippen molar-refractivity contribution in [3.63, 3.8) is 0 Å². The average Bonchev–Trinajstić information content (AvgIpc) is 3.15. The van der Waals surface area contributed by atoms with Gasteiger partial charge in [0.1, 0.15) is 12.4 Å². The summed E-state index contributed by atoms with van der Waals surface area (Å²) in [5, 5.41) is 5.19. The van der Waals surface area contributed by atoms with Crippen molar-refractivity contribution in [1.29, 1.82) is 0 Å². The number of halogens is 3. The Labute approximate surface area is 188 Å². The van der Waals surface area contributed by atoms with Gasteiger partial charge in [0, 0.05) is 31.2 Å². The molecule has 9 heteroatoms. The second-order valence-corrected chi connectivity index (χ2v) is 8.23. The number of hydrogen-bond donors (Lipinski definition) is 1. The van der Waals surface area contributed by atoms with Crippen molar-refractivity contribution in [2.75, 3.05) is 24.3 Å². The number of carbonyl (C=O) groups is 1. The van der Waals surface area contributed by atoms with Crippen LogP contribution in [0.25, 0.3) is 6.08 Å². The van der Waals surface area contributed by atoms with Crippen LogP contribution in [0.2, 0.25) is 0 Å². The fourth-order valence-electron chi connectivity index (χ4n) is 2.84. The summed E-state index contributed by atoms with van der Waals surface area (Å²) >= 11 is 1.54. The maximum Gasteiger partial charge on any atom is 0.418 e. The van der Waals surface area contributed by atoms with E-state index < -0.39 is 17.6 Å². The highest BCUT2D eigenvalue weighted by Crippen LogP contribution is 2.37. The summed E-state index contributed by atoms with van der Waals surface area (Å²) in [6, 6.07) is 10.8. The van der Waals surface area contributed by atoms with Crippen LogP contribution in [0.1, 0.15) is 21.8 Å². The summed E-state index contributed by atoms with van der Waals surface area (Å²) < 4.78 is 46.0. The van der Waals surface area contributed by atoms with Gasteiger partial charge in [-0.2, -0.15) is 13.2 Å². The van der Waals surface area contributed by atoms with Crippen LogP contribution in [-0.4, -0.2) is 25.0 Å². The zero-order valence-corrected chi connectivity index (χ0v) is 18.6. The van der Waals surface area contributed by atoms with Crippen LogP contribution in [0.15, 0.2) is 53.9 Å². The zero-order chi connectivity index (χ0) is 23.3. The first kappa shape index (κ1) is 23.3. The van der Waals surface area contributed by atoms with E-state index in [1.54, 1.807) is 43.3 Å². The third-order valence-corrected chi connectivity index (χ3v) is 5.24. The summed E-state index contributed by atoms with van der Waals surface area (Å²) in [5.74, 6) is -0.0748. The van der Waals surface area contributed by atoms with Gasteiger partial charge in [-0.05, 0) is 48.9 Å². The van der Waals surface area contributed by atoms with Gasteiger partial charge in [-0.1, -0.05) is 12.1 Å². The minimum Gasteiger partial charge on any atom is -0.487 e. The first-order valence-electron chi connectivity index (χ1n) is 9.63. The average molecular weight is 462 g/mol. The second kappa shape index (κ2) is 9.86. The van der Waals surface area contributed by atoms with Gasteiger partial charge >= 0.3 is 6.18 Å². The van der Waals surface area contributed by atoms with Crippen LogP contribution in [0.3, 0.4) is 0 Å². The predicted octanol–water partition coefficient (Wildman–Crippen LogP) is 5.77. The number of rotatable bonds is 7. The lowest BCUT2D eigenvalue weighted by atomic mass is 10.1. The number of nitrogens with zero attached hydrogens (tertiary/aromatic N) is 2. The quantitative estimate of drug-likeness (QED) is 0.454. The van der Waals surface area contributed by atoms with Crippen LogP contribution < -0.4 is 15.0 Å². The van der Waals surface area contributed by atoms with Crippen molar-refractivity contribution in [1.82, 2.24) is 4.98 Å². The SMILES string of the molecule is Cc1nc(COc2cccc(/C=C/C(=O)Nc3ccc(N(C)C)cc3C(F)(F)F)c2)cs1. The predicted molar refractivity (Wildman–Crippen MR) is 121 cm³/mol. The molecule has 0 spiro atoms. The number of hydrogen-bond acceptors (Lipinski definition) is 5.